The fraction of sp³-hybridized carbons (Fsp3) is 0.533. The van der Waals surface area contributed by atoms with Gasteiger partial charge in [0, 0.05) is 25.4 Å². The van der Waals surface area contributed by atoms with E-state index < -0.39 is 0 Å². The van der Waals surface area contributed by atoms with E-state index in [0.717, 1.165) is 37.4 Å². The molecule has 4 heteroatoms. The van der Waals surface area contributed by atoms with Gasteiger partial charge < -0.3 is 9.47 Å². The monoisotopic (exact) mass is 279 g/mol. The Morgan fingerprint density at radius 3 is 2.84 bits per heavy atom. The zero-order chi connectivity index (χ0) is 13.8. The summed E-state index contributed by atoms with van der Waals surface area (Å²) in [7, 11) is 2.14. The van der Waals surface area contributed by atoms with Crippen molar-refractivity contribution in [2.45, 2.75) is 26.8 Å². The molecule has 3 nitrogen and oxygen atoms in total. The number of hydrogen-bond donors (Lipinski definition) is 0. The lowest BCUT2D eigenvalue weighted by atomic mass is 10.2. The number of fused-ring (bicyclic) bond motifs is 1. The van der Waals surface area contributed by atoms with E-state index in [1.54, 1.807) is 0 Å². The van der Waals surface area contributed by atoms with Crippen molar-refractivity contribution >= 4 is 22.6 Å². The van der Waals surface area contributed by atoms with Gasteiger partial charge in [0.05, 0.1) is 11.0 Å². The number of halogens is 1. The second kappa shape index (κ2) is 6.40. The van der Waals surface area contributed by atoms with Crippen molar-refractivity contribution in [1.82, 2.24) is 14.5 Å². The third kappa shape index (κ3) is 3.28. The summed E-state index contributed by atoms with van der Waals surface area (Å²) in [5.74, 6) is 1.71. The number of hydrogen-bond acceptors (Lipinski definition) is 2. The van der Waals surface area contributed by atoms with Crippen LogP contribution in [-0.4, -0.2) is 40.5 Å². The molecule has 0 fully saturated rings. The number of aromatic nitrogens is 2. The topological polar surface area (TPSA) is 21.1 Å². The summed E-state index contributed by atoms with van der Waals surface area (Å²) >= 11 is 5.89. The number of imidazole rings is 1. The van der Waals surface area contributed by atoms with Gasteiger partial charge in [-0.3, -0.25) is 0 Å². The lowest BCUT2D eigenvalue weighted by Crippen LogP contribution is -2.23. The summed E-state index contributed by atoms with van der Waals surface area (Å²) in [6.07, 6.45) is 0.825. The minimum atomic E-state index is 0.617. The van der Waals surface area contributed by atoms with Crippen LogP contribution in [0.1, 0.15) is 18.3 Å². The van der Waals surface area contributed by atoms with Crippen molar-refractivity contribution in [1.29, 1.82) is 0 Å². The van der Waals surface area contributed by atoms with E-state index in [4.69, 9.17) is 16.6 Å². The first-order chi connectivity index (χ1) is 9.15. The molecule has 0 amide bonds. The molecule has 0 aliphatic rings. The average Bonchev–Trinajstić information content (AvgIpc) is 2.73. The second-order valence-electron chi connectivity index (χ2n) is 5.01. The summed E-state index contributed by atoms with van der Waals surface area (Å²) in [5.41, 5.74) is 3.55. The number of aryl methyl sites for hydroxylation is 2. The predicted octanol–water partition coefficient (Wildman–Crippen LogP) is 3.08. The van der Waals surface area contributed by atoms with Gasteiger partial charge in [-0.15, -0.1) is 11.6 Å². The molecule has 0 saturated heterocycles. The maximum Gasteiger partial charge on any atom is 0.111 e. The normalized spacial score (nSPS) is 11.6. The highest BCUT2D eigenvalue weighted by atomic mass is 35.5. The van der Waals surface area contributed by atoms with Gasteiger partial charge in [0.2, 0.25) is 0 Å². The number of benzene rings is 1. The van der Waals surface area contributed by atoms with Crippen LogP contribution in [-0.2, 0) is 13.0 Å². The second-order valence-corrected chi connectivity index (χ2v) is 5.38. The molecule has 0 aliphatic heterocycles. The van der Waals surface area contributed by atoms with Crippen LogP contribution < -0.4 is 0 Å². The lowest BCUT2D eigenvalue weighted by molar-refractivity contribution is 0.335. The summed E-state index contributed by atoms with van der Waals surface area (Å²) in [6, 6.07) is 6.46. The summed E-state index contributed by atoms with van der Waals surface area (Å²) < 4.78 is 2.31. The minimum absolute atomic E-state index is 0.617. The first-order valence-electron chi connectivity index (χ1n) is 6.86. The Labute approximate surface area is 120 Å². The van der Waals surface area contributed by atoms with Crippen molar-refractivity contribution in [2.24, 2.45) is 0 Å². The number of likely N-dealkylation sites (N-methyl/N-ethyl adjacent to an activating group) is 1. The Bertz CT molecular complexity index is 548. The van der Waals surface area contributed by atoms with Gasteiger partial charge in [-0.25, -0.2) is 4.98 Å². The average molecular weight is 280 g/mol. The van der Waals surface area contributed by atoms with Crippen molar-refractivity contribution in [3.63, 3.8) is 0 Å². The molecular weight excluding hydrogens is 258 g/mol. The molecule has 2 rings (SSSR count). The third-order valence-corrected chi connectivity index (χ3v) is 3.74. The Morgan fingerprint density at radius 1 is 1.37 bits per heavy atom. The molecule has 0 aliphatic carbocycles. The molecule has 2 aromatic rings. The zero-order valence-electron chi connectivity index (χ0n) is 12.0. The van der Waals surface area contributed by atoms with Crippen molar-refractivity contribution in [3.05, 3.63) is 29.6 Å². The van der Waals surface area contributed by atoms with Gasteiger partial charge >= 0.3 is 0 Å². The standard InChI is InChI=1S/C15H22ClN3/c1-4-18(3)9-10-19-14-6-5-12(2)11-13(14)17-15(19)7-8-16/h5-6,11H,4,7-10H2,1-3H3. The quantitative estimate of drug-likeness (QED) is 0.758. The molecule has 0 N–H and O–H groups in total. The highest BCUT2D eigenvalue weighted by Gasteiger charge is 2.10. The van der Waals surface area contributed by atoms with Gasteiger partial charge in [0.25, 0.3) is 0 Å². The van der Waals surface area contributed by atoms with Gasteiger partial charge in [-0.1, -0.05) is 13.0 Å². The Hall–Kier alpha value is -1.06. The van der Waals surface area contributed by atoms with E-state index in [2.05, 4.69) is 48.6 Å². The van der Waals surface area contributed by atoms with E-state index in [-0.39, 0.29) is 0 Å². The first-order valence-corrected chi connectivity index (χ1v) is 7.39. The highest BCUT2D eigenvalue weighted by molar-refractivity contribution is 6.17. The van der Waals surface area contributed by atoms with Crippen molar-refractivity contribution in [2.75, 3.05) is 26.0 Å². The van der Waals surface area contributed by atoms with Gasteiger partial charge in [0.1, 0.15) is 5.82 Å². The van der Waals surface area contributed by atoms with Crippen LogP contribution in [0, 0.1) is 6.92 Å². The largest absolute Gasteiger partial charge is 0.327 e. The van der Waals surface area contributed by atoms with Crippen LogP contribution in [0.15, 0.2) is 18.2 Å². The highest BCUT2D eigenvalue weighted by Crippen LogP contribution is 2.18. The molecule has 19 heavy (non-hydrogen) atoms. The number of rotatable bonds is 6. The number of alkyl halides is 1. The molecule has 0 saturated carbocycles. The van der Waals surface area contributed by atoms with E-state index >= 15 is 0 Å². The van der Waals surface area contributed by atoms with Gasteiger partial charge in [-0.2, -0.15) is 0 Å². The number of nitrogens with zero attached hydrogens (tertiary/aromatic N) is 3. The van der Waals surface area contributed by atoms with E-state index in [0.29, 0.717) is 5.88 Å². The molecule has 1 heterocycles. The fourth-order valence-electron chi connectivity index (χ4n) is 2.24. The Kier molecular flexibility index (Phi) is 4.83. The SMILES string of the molecule is CCN(C)CCn1c(CCCl)nc2cc(C)ccc21. The van der Waals surface area contributed by atoms with Crippen LogP contribution in [0.2, 0.25) is 0 Å². The molecule has 0 unspecified atom stereocenters. The van der Waals surface area contributed by atoms with E-state index in [9.17, 15) is 0 Å². The summed E-state index contributed by atoms with van der Waals surface area (Å²) in [5, 5.41) is 0. The maximum absolute atomic E-state index is 5.89. The predicted molar refractivity (Wildman–Crippen MR) is 82.1 cm³/mol. The van der Waals surface area contributed by atoms with Crippen molar-refractivity contribution in [3.8, 4) is 0 Å². The van der Waals surface area contributed by atoms with Gasteiger partial charge in [-0.05, 0) is 38.2 Å². The molecule has 0 radical (unpaired) electrons. The summed E-state index contributed by atoms with van der Waals surface area (Å²) in [4.78, 5) is 7.04. The van der Waals surface area contributed by atoms with Crippen LogP contribution >= 0.6 is 11.6 Å². The molecular formula is C15H22ClN3. The molecule has 104 valence electrons. The molecule has 0 spiro atoms. The Morgan fingerprint density at radius 2 is 2.16 bits per heavy atom. The molecule has 1 aromatic carbocycles. The third-order valence-electron chi connectivity index (χ3n) is 3.55. The smallest absolute Gasteiger partial charge is 0.111 e. The molecule has 0 atom stereocenters. The van der Waals surface area contributed by atoms with Crippen LogP contribution in [0.4, 0.5) is 0 Å². The van der Waals surface area contributed by atoms with Crippen LogP contribution in [0.25, 0.3) is 11.0 Å². The van der Waals surface area contributed by atoms with Gasteiger partial charge in [0.15, 0.2) is 0 Å². The minimum Gasteiger partial charge on any atom is -0.327 e. The zero-order valence-corrected chi connectivity index (χ0v) is 12.7. The molecule has 1 aromatic heterocycles. The Balaban J connectivity index is 2.34. The van der Waals surface area contributed by atoms with Crippen molar-refractivity contribution < 1.29 is 0 Å². The van der Waals surface area contributed by atoms with Crippen LogP contribution in [0.3, 0.4) is 0 Å². The van der Waals surface area contributed by atoms with E-state index in [1.165, 1.54) is 11.1 Å². The van der Waals surface area contributed by atoms with Crippen LogP contribution in [0.5, 0.6) is 0 Å². The lowest BCUT2D eigenvalue weighted by Gasteiger charge is -2.16. The maximum atomic E-state index is 5.89. The summed E-state index contributed by atoms with van der Waals surface area (Å²) in [6.45, 7) is 7.34. The fourth-order valence-corrected chi connectivity index (χ4v) is 2.41. The first kappa shape index (κ1) is 14.4. The van der Waals surface area contributed by atoms with E-state index in [1.807, 2.05) is 0 Å². The molecule has 0 bridgehead atoms.